The van der Waals surface area contributed by atoms with Crippen LogP contribution in [0.4, 0.5) is 0 Å². The van der Waals surface area contributed by atoms with E-state index in [1.54, 1.807) is 17.5 Å². The number of rotatable bonds is 8. The van der Waals surface area contributed by atoms with Crippen LogP contribution in [-0.2, 0) is 9.59 Å². The summed E-state index contributed by atoms with van der Waals surface area (Å²) in [5.74, 6) is -0.249. The standard InChI is InChI=1S/C29H37N5O3S2/c1-3-18(2)27(36)32-25(19-8-5-4-6-9-19)29(37)34-15-20-10-7-13-33(20)16-23(34)28-31-22(17-38-28)26(35)24-12-11-21(14-30)39-24/h11-12,17-20,23,25H,3-10,13,15-16H2,1-2H3,(H,32,36)/t18-,20-,23+,25+/m1/s1. The maximum Gasteiger partial charge on any atom is 0.246 e. The quantitative estimate of drug-likeness (QED) is 0.461. The maximum absolute atomic E-state index is 14.4. The lowest BCUT2D eigenvalue weighted by Crippen LogP contribution is -2.60. The van der Waals surface area contributed by atoms with E-state index >= 15 is 0 Å². The highest BCUT2D eigenvalue weighted by Crippen LogP contribution is 2.37. The minimum absolute atomic E-state index is 0.00454. The average Bonchev–Trinajstić information content (AvgIpc) is 3.75. The third kappa shape index (κ3) is 5.96. The lowest BCUT2D eigenvalue weighted by molar-refractivity contribution is -0.144. The van der Waals surface area contributed by atoms with E-state index < -0.39 is 6.04 Å². The normalized spacial score (nSPS) is 23.6. The minimum atomic E-state index is -0.529. The first-order chi connectivity index (χ1) is 18.9. The second kappa shape index (κ2) is 12.3. The van der Waals surface area contributed by atoms with Crippen molar-refractivity contribution in [3.8, 4) is 6.07 Å². The van der Waals surface area contributed by atoms with Crippen LogP contribution in [0.15, 0.2) is 17.5 Å². The van der Waals surface area contributed by atoms with Gasteiger partial charge in [-0.25, -0.2) is 4.98 Å². The molecule has 8 nitrogen and oxygen atoms in total. The monoisotopic (exact) mass is 567 g/mol. The molecule has 39 heavy (non-hydrogen) atoms. The van der Waals surface area contributed by atoms with E-state index in [1.165, 1.54) is 29.1 Å². The molecule has 0 unspecified atom stereocenters. The number of hydrogen-bond acceptors (Lipinski definition) is 8. The SMILES string of the molecule is CC[C@@H](C)C(=O)N[C@H](C(=O)N1C[C@H]2CCCN2C[C@H]1c1nc(C(=O)c2ccc(C#N)s2)cs1)C1CCCCC1. The van der Waals surface area contributed by atoms with E-state index in [9.17, 15) is 14.4 Å². The van der Waals surface area contributed by atoms with Crippen molar-refractivity contribution in [3.63, 3.8) is 0 Å². The Kier molecular flexibility index (Phi) is 8.79. The molecule has 4 atom stereocenters. The summed E-state index contributed by atoms with van der Waals surface area (Å²) in [6.45, 7) is 6.22. The lowest BCUT2D eigenvalue weighted by atomic mass is 9.82. The first-order valence-electron chi connectivity index (χ1n) is 14.2. The van der Waals surface area contributed by atoms with Crippen molar-refractivity contribution >= 4 is 40.3 Å². The van der Waals surface area contributed by atoms with Crippen molar-refractivity contribution in [2.45, 2.75) is 83.3 Å². The molecule has 2 amide bonds. The number of piperazine rings is 1. The molecule has 1 aliphatic carbocycles. The van der Waals surface area contributed by atoms with Gasteiger partial charge in [-0.1, -0.05) is 33.1 Å². The molecular formula is C29H37N5O3S2. The molecule has 2 aromatic rings. The Labute approximate surface area is 238 Å². The molecule has 3 aliphatic rings. The number of carbonyl (C=O) groups excluding carboxylic acids is 3. The van der Waals surface area contributed by atoms with Crippen LogP contribution in [0.1, 0.15) is 96.5 Å². The molecule has 10 heteroatoms. The predicted molar refractivity (Wildman–Crippen MR) is 152 cm³/mol. The Morgan fingerprint density at radius 2 is 1.95 bits per heavy atom. The fourth-order valence-corrected chi connectivity index (χ4v) is 7.83. The number of nitrogens with one attached hydrogen (secondary N) is 1. The largest absolute Gasteiger partial charge is 0.344 e. The van der Waals surface area contributed by atoms with E-state index in [0.29, 0.717) is 34.6 Å². The van der Waals surface area contributed by atoms with Gasteiger partial charge >= 0.3 is 0 Å². The number of amides is 2. The highest BCUT2D eigenvalue weighted by molar-refractivity contribution is 7.15. The number of carbonyl (C=O) groups is 3. The predicted octanol–water partition coefficient (Wildman–Crippen LogP) is 4.77. The van der Waals surface area contributed by atoms with Gasteiger partial charge in [0.1, 0.15) is 27.7 Å². The first kappa shape index (κ1) is 27.9. The number of thiazole rings is 1. The number of hydrogen-bond donors (Lipinski definition) is 1. The zero-order chi connectivity index (χ0) is 27.5. The van der Waals surface area contributed by atoms with Gasteiger partial charge in [-0.05, 0) is 56.7 Å². The molecule has 3 fully saturated rings. The molecule has 1 saturated carbocycles. The van der Waals surface area contributed by atoms with Crippen LogP contribution in [0, 0.1) is 23.2 Å². The highest BCUT2D eigenvalue weighted by atomic mass is 32.1. The van der Waals surface area contributed by atoms with Crippen LogP contribution in [0.25, 0.3) is 0 Å². The van der Waals surface area contributed by atoms with Crippen molar-refractivity contribution in [2.24, 2.45) is 11.8 Å². The van der Waals surface area contributed by atoms with E-state index in [4.69, 9.17) is 10.2 Å². The zero-order valence-electron chi connectivity index (χ0n) is 22.7. The Morgan fingerprint density at radius 3 is 2.67 bits per heavy atom. The van der Waals surface area contributed by atoms with Gasteiger partial charge < -0.3 is 10.2 Å². The average molecular weight is 568 g/mol. The minimum Gasteiger partial charge on any atom is -0.344 e. The third-order valence-electron chi connectivity index (χ3n) is 8.70. The summed E-state index contributed by atoms with van der Waals surface area (Å²) >= 11 is 2.59. The second-order valence-corrected chi connectivity index (χ2v) is 13.1. The summed E-state index contributed by atoms with van der Waals surface area (Å²) in [5, 5.41) is 14.8. The van der Waals surface area contributed by atoms with Gasteiger partial charge in [-0.15, -0.1) is 22.7 Å². The number of ketones is 1. The molecule has 0 spiro atoms. The van der Waals surface area contributed by atoms with Crippen molar-refractivity contribution in [1.82, 2.24) is 20.1 Å². The van der Waals surface area contributed by atoms with E-state index in [2.05, 4.69) is 16.3 Å². The Morgan fingerprint density at radius 1 is 1.15 bits per heavy atom. The van der Waals surface area contributed by atoms with Gasteiger partial charge in [0, 0.05) is 30.4 Å². The zero-order valence-corrected chi connectivity index (χ0v) is 24.4. The van der Waals surface area contributed by atoms with E-state index in [0.717, 1.165) is 56.5 Å². The van der Waals surface area contributed by atoms with Gasteiger partial charge in [0.25, 0.3) is 0 Å². The summed E-state index contributed by atoms with van der Waals surface area (Å²) < 4.78 is 0. The summed E-state index contributed by atoms with van der Waals surface area (Å²) in [6, 6.07) is 4.93. The maximum atomic E-state index is 14.4. The van der Waals surface area contributed by atoms with Crippen LogP contribution in [0.5, 0.6) is 0 Å². The molecule has 208 valence electrons. The number of nitrogens with zero attached hydrogens (tertiary/aromatic N) is 4. The van der Waals surface area contributed by atoms with Crippen molar-refractivity contribution in [1.29, 1.82) is 5.26 Å². The topological polar surface area (TPSA) is 106 Å². The molecule has 5 rings (SSSR count). The van der Waals surface area contributed by atoms with Crippen LogP contribution in [0.3, 0.4) is 0 Å². The molecule has 2 saturated heterocycles. The van der Waals surface area contributed by atoms with Gasteiger partial charge in [-0.3, -0.25) is 19.3 Å². The summed E-state index contributed by atoms with van der Waals surface area (Å²) in [7, 11) is 0. The Balaban J connectivity index is 1.43. The van der Waals surface area contributed by atoms with Crippen LogP contribution < -0.4 is 5.32 Å². The van der Waals surface area contributed by atoms with E-state index in [1.807, 2.05) is 18.7 Å². The van der Waals surface area contributed by atoms with Crippen molar-refractivity contribution < 1.29 is 14.4 Å². The van der Waals surface area contributed by atoms with Gasteiger partial charge in [0.05, 0.1) is 10.9 Å². The second-order valence-electron chi connectivity index (χ2n) is 11.2. The summed E-state index contributed by atoms with van der Waals surface area (Å²) in [5.41, 5.74) is 0.353. The summed E-state index contributed by atoms with van der Waals surface area (Å²) in [6.07, 6.45) is 8.15. The molecule has 1 N–H and O–H groups in total. The highest BCUT2D eigenvalue weighted by Gasteiger charge is 2.44. The molecule has 0 aromatic carbocycles. The Bertz CT molecular complexity index is 1240. The number of thiophene rings is 1. The lowest BCUT2D eigenvalue weighted by Gasteiger charge is -2.45. The van der Waals surface area contributed by atoms with Crippen LogP contribution >= 0.6 is 22.7 Å². The van der Waals surface area contributed by atoms with Gasteiger partial charge in [0.2, 0.25) is 17.6 Å². The third-order valence-corrected chi connectivity index (χ3v) is 10.6. The number of nitriles is 1. The van der Waals surface area contributed by atoms with Crippen LogP contribution in [0.2, 0.25) is 0 Å². The smallest absolute Gasteiger partial charge is 0.246 e. The Hall–Kier alpha value is -2.61. The van der Waals surface area contributed by atoms with E-state index in [-0.39, 0.29) is 35.5 Å². The number of fused-ring (bicyclic) bond motifs is 1. The summed E-state index contributed by atoms with van der Waals surface area (Å²) in [4.78, 5) is 50.7. The number of aromatic nitrogens is 1. The van der Waals surface area contributed by atoms with Crippen LogP contribution in [-0.4, -0.2) is 64.1 Å². The van der Waals surface area contributed by atoms with Gasteiger partial charge in [-0.2, -0.15) is 5.26 Å². The molecule has 0 bridgehead atoms. The molecular weight excluding hydrogens is 530 g/mol. The fraction of sp³-hybridized carbons (Fsp3) is 0.621. The first-order valence-corrected chi connectivity index (χ1v) is 15.9. The molecule has 2 aromatic heterocycles. The van der Waals surface area contributed by atoms with Crippen molar-refractivity contribution in [2.75, 3.05) is 19.6 Å². The fourth-order valence-electron chi connectivity index (χ4n) is 6.17. The van der Waals surface area contributed by atoms with Gasteiger partial charge in [0.15, 0.2) is 0 Å². The molecule has 2 aliphatic heterocycles. The molecule has 0 radical (unpaired) electrons. The molecule has 4 heterocycles. The van der Waals surface area contributed by atoms with Crippen molar-refractivity contribution in [3.05, 3.63) is 38.0 Å².